The number of benzene rings is 2. The van der Waals surface area contributed by atoms with Gasteiger partial charge in [-0.15, -0.1) is 0 Å². The number of methoxy groups -OCH3 is 1. The number of nitrogens with zero attached hydrogens (tertiary/aromatic N) is 2. The van der Waals surface area contributed by atoms with Crippen molar-refractivity contribution in [1.29, 1.82) is 0 Å². The Morgan fingerprint density at radius 1 is 1.10 bits per heavy atom. The van der Waals surface area contributed by atoms with E-state index in [4.69, 9.17) is 16.3 Å². The number of aryl methyl sites for hydroxylation is 1. The van der Waals surface area contributed by atoms with Gasteiger partial charge in [-0.2, -0.15) is 0 Å². The average molecular weight is 418 g/mol. The Morgan fingerprint density at radius 3 is 2.41 bits per heavy atom. The molecule has 0 fully saturated rings. The van der Waals surface area contributed by atoms with Crippen LogP contribution in [-0.2, 0) is 16.1 Å². The fraction of sp³-hybridized carbons (Fsp3) is 0.364. The van der Waals surface area contributed by atoms with Gasteiger partial charge in [-0.3, -0.25) is 14.5 Å². The normalized spacial score (nSPS) is 10.7. The lowest BCUT2D eigenvalue weighted by Crippen LogP contribution is -2.42. The van der Waals surface area contributed by atoms with E-state index < -0.39 is 0 Å². The smallest absolute Gasteiger partial charge is 0.244 e. The Balaban J connectivity index is 1.89. The van der Waals surface area contributed by atoms with Crippen LogP contribution in [0.25, 0.3) is 0 Å². The van der Waals surface area contributed by atoms with Crippen molar-refractivity contribution in [2.45, 2.75) is 20.4 Å². The second kappa shape index (κ2) is 10.8. The summed E-state index contributed by atoms with van der Waals surface area (Å²) in [5, 5.41) is 3.38. The van der Waals surface area contributed by atoms with Gasteiger partial charge in [-0.25, -0.2) is 0 Å². The molecule has 6 nitrogen and oxygen atoms in total. The minimum absolute atomic E-state index is 0.00232. The summed E-state index contributed by atoms with van der Waals surface area (Å²) in [6.45, 7) is 5.06. The average Bonchev–Trinajstić information content (AvgIpc) is 2.69. The molecule has 2 aromatic rings. The minimum Gasteiger partial charge on any atom is -0.497 e. The van der Waals surface area contributed by atoms with Crippen LogP contribution in [0, 0.1) is 6.92 Å². The molecule has 2 amide bonds. The number of amides is 2. The van der Waals surface area contributed by atoms with Gasteiger partial charge < -0.3 is 15.0 Å². The number of rotatable bonds is 9. The van der Waals surface area contributed by atoms with E-state index in [-0.39, 0.29) is 24.9 Å². The molecule has 2 rings (SSSR count). The van der Waals surface area contributed by atoms with Gasteiger partial charge in [0, 0.05) is 23.8 Å². The highest BCUT2D eigenvalue weighted by atomic mass is 35.5. The molecule has 0 bridgehead atoms. The molecule has 156 valence electrons. The van der Waals surface area contributed by atoms with E-state index in [1.807, 2.05) is 56.1 Å². The Hall–Kier alpha value is -2.57. The first-order valence-electron chi connectivity index (χ1n) is 9.47. The summed E-state index contributed by atoms with van der Waals surface area (Å²) in [4.78, 5) is 28.5. The van der Waals surface area contributed by atoms with Crippen LogP contribution in [0.2, 0.25) is 5.02 Å². The van der Waals surface area contributed by atoms with Crippen LogP contribution in [0.5, 0.6) is 5.75 Å². The lowest BCUT2D eigenvalue weighted by atomic mass is 10.2. The fourth-order valence-electron chi connectivity index (χ4n) is 2.90. The molecule has 0 aromatic heterocycles. The maximum atomic E-state index is 12.6. The molecule has 0 radical (unpaired) electrons. The first-order valence-corrected chi connectivity index (χ1v) is 9.85. The number of hydrogen-bond donors (Lipinski definition) is 1. The van der Waals surface area contributed by atoms with Gasteiger partial charge in [0.05, 0.1) is 20.2 Å². The fourth-order valence-corrected chi connectivity index (χ4v) is 3.07. The van der Waals surface area contributed by atoms with Gasteiger partial charge in [0.2, 0.25) is 11.8 Å². The van der Waals surface area contributed by atoms with Gasteiger partial charge in [0.1, 0.15) is 5.75 Å². The summed E-state index contributed by atoms with van der Waals surface area (Å²) in [6.07, 6.45) is 0. The van der Waals surface area contributed by atoms with Gasteiger partial charge in [0.15, 0.2) is 0 Å². The molecule has 0 saturated carbocycles. The largest absolute Gasteiger partial charge is 0.497 e. The predicted molar refractivity (Wildman–Crippen MR) is 116 cm³/mol. The highest BCUT2D eigenvalue weighted by molar-refractivity contribution is 6.31. The van der Waals surface area contributed by atoms with E-state index in [0.29, 0.717) is 23.8 Å². The maximum Gasteiger partial charge on any atom is 0.244 e. The summed E-state index contributed by atoms with van der Waals surface area (Å²) in [6, 6.07) is 13.0. The van der Waals surface area contributed by atoms with Crippen LogP contribution in [0.4, 0.5) is 5.69 Å². The number of anilines is 1. The zero-order chi connectivity index (χ0) is 21.4. The molecule has 0 aliphatic rings. The Morgan fingerprint density at radius 2 is 1.79 bits per heavy atom. The Bertz CT molecular complexity index is 840. The van der Waals surface area contributed by atoms with Crippen LogP contribution < -0.4 is 10.1 Å². The van der Waals surface area contributed by atoms with Gasteiger partial charge in [0.25, 0.3) is 0 Å². The van der Waals surface area contributed by atoms with Crippen molar-refractivity contribution < 1.29 is 14.3 Å². The van der Waals surface area contributed by atoms with Crippen LogP contribution in [-0.4, -0.2) is 55.4 Å². The predicted octanol–water partition coefficient (Wildman–Crippen LogP) is 3.58. The third-order valence-corrected chi connectivity index (χ3v) is 4.79. The van der Waals surface area contributed by atoms with E-state index in [9.17, 15) is 9.59 Å². The summed E-state index contributed by atoms with van der Waals surface area (Å²) in [7, 11) is 3.51. The molecule has 0 heterocycles. The molecule has 0 atom stereocenters. The topological polar surface area (TPSA) is 61.9 Å². The molecule has 7 heteroatoms. The van der Waals surface area contributed by atoms with Crippen LogP contribution in [0.15, 0.2) is 42.5 Å². The molecule has 0 aliphatic carbocycles. The van der Waals surface area contributed by atoms with Crippen LogP contribution in [0.1, 0.15) is 18.1 Å². The minimum atomic E-state index is -0.247. The number of carbonyl (C=O) groups excluding carboxylic acids is 2. The number of hydrogen-bond acceptors (Lipinski definition) is 4. The molecule has 0 unspecified atom stereocenters. The molecule has 0 saturated heterocycles. The second-order valence-corrected chi connectivity index (χ2v) is 7.37. The molecular formula is C22H28ClN3O3. The van der Waals surface area contributed by atoms with Gasteiger partial charge in [-0.05, 0) is 56.3 Å². The zero-order valence-electron chi connectivity index (χ0n) is 17.4. The summed E-state index contributed by atoms with van der Waals surface area (Å²) >= 11 is 6.00. The van der Waals surface area contributed by atoms with Crippen molar-refractivity contribution in [2.24, 2.45) is 0 Å². The van der Waals surface area contributed by atoms with Crippen molar-refractivity contribution in [3.8, 4) is 5.75 Å². The van der Waals surface area contributed by atoms with E-state index in [1.165, 1.54) is 0 Å². The number of ether oxygens (including phenoxy) is 1. The molecule has 0 spiro atoms. The third kappa shape index (κ3) is 7.07. The molecular weight excluding hydrogens is 390 g/mol. The van der Waals surface area contributed by atoms with Crippen LogP contribution >= 0.6 is 11.6 Å². The zero-order valence-corrected chi connectivity index (χ0v) is 18.1. The van der Waals surface area contributed by atoms with Crippen molar-refractivity contribution >= 4 is 29.1 Å². The number of likely N-dealkylation sites (N-methyl/N-ethyl adjacent to an activating group) is 2. The first-order chi connectivity index (χ1) is 13.8. The highest BCUT2D eigenvalue weighted by Gasteiger charge is 2.18. The van der Waals surface area contributed by atoms with E-state index >= 15 is 0 Å². The van der Waals surface area contributed by atoms with Crippen LogP contribution in [0.3, 0.4) is 0 Å². The summed E-state index contributed by atoms with van der Waals surface area (Å²) in [5.41, 5.74) is 2.65. The second-order valence-electron chi connectivity index (χ2n) is 6.94. The lowest BCUT2D eigenvalue weighted by molar-refractivity contribution is -0.135. The molecule has 29 heavy (non-hydrogen) atoms. The third-order valence-electron chi connectivity index (χ3n) is 4.56. The van der Waals surface area contributed by atoms with Gasteiger partial charge >= 0.3 is 0 Å². The summed E-state index contributed by atoms with van der Waals surface area (Å²) in [5.74, 6) is 0.454. The molecule has 0 aliphatic heterocycles. The monoisotopic (exact) mass is 417 g/mol. The standard InChI is InChI=1S/C22H28ClN3O3/c1-5-26(14-21(27)24-20-12-18(23)9-6-16(20)2)22(28)15-25(3)13-17-7-10-19(29-4)11-8-17/h6-12H,5,13-15H2,1-4H3,(H,24,27). The van der Waals surface area contributed by atoms with Crippen molar-refractivity contribution in [2.75, 3.05) is 39.1 Å². The molecule has 2 aromatic carbocycles. The number of nitrogens with one attached hydrogen (secondary N) is 1. The van der Waals surface area contributed by atoms with E-state index in [0.717, 1.165) is 16.9 Å². The van der Waals surface area contributed by atoms with E-state index in [1.54, 1.807) is 24.1 Å². The first kappa shape index (κ1) is 22.7. The molecule has 1 N–H and O–H groups in total. The number of carbonyl (C=O) groups is 2. The SMILES string of the molecule is CCN(CC(=O)Nc1cc(Cl)ccc1C)C(=O)CN(C)Cc1ccc(OC)cc1. The quantitative estimate of drug-likeness (QED) is 0.677. The lowest BCUT2D eigenvalue weighted by Gasteiger charge is -2.24. The van der Waals surface area contributed by atoms with E-state index in [2.05, 4.69) is 5.32 Å². The van der Waals surface area contributed by atoms with Crippen molar-refractivity contribution in [1.82, 2.24) is 9.80 Å². The Labute approximate surface area is 177 Å². The highest BCUT2D eigenvalue weighted by Crippen LogP contribution is 2.20. The number of halogens is 1. The summed E-state index contributed by atoms with van der Waals surface area (Å²) < 4.78 is 5.16. The maximum absolute atomic E-state index is 12.6. The van der Waals surface area contributed by atoms with Gasteiger partial charge in [-0.1, -0.05) is 29.8 Å². The Kier molecular flexibility index (Phi) is 8.49. The van der Waals surface area contributed by atoms with Crippen molar-refractivity contribution in [3.63, 3.8) is 0 Å². The van der Waals surface area contributed by atoms with Crippen molar-refractivity contribution in [3.05, 3.63) is 58.6 Å².